The topological polar surface area (TPSA) is 81.1 Å². The molecule has 6 heteroatoms. The van der Waals surface area contributed by atoms with E-state index in [0.29, 0.717) is 18.3 Å². The van der Waals surface area contributed by atoms with Crippen molar-refractivity contribution in [1.82, 2.24) is 20.0 Å². The molecule has 17 heavy (non-hydrogen) atoms. The predicted molar refractivity (Wildman–Crippen MR) is 61.6 cm³/mol. The smallest absolute Gasteiger partial charge is 0.240 e. The highest BCUT2D eigenvalue weighted by molar-refractivity contribution is 5.03. The Morgan fingerprint density at radius 1 is 1.35 bits per heavy atom. The normalized spacial score (nSPS) is 11.0. The zero-order chi connectivity index (χ0) is 12.1. The molecule has 0 saturated carbocycles. The maximum Gasteiger partial charge on any atom is 0.240 e. The van der Waals surface area contributed by atoms with Crippen molar-refractivity contribution in [3.63, 3.8) is 0 Å². The molecule has 0 aliphatic rings. The molecule has 0 aromatic carbocycles. The van der Waals surface area contributed by atoms with Gasteiger partial charge in [0, 0.05) is 12.7 Å². The summed E-state index contributed by atoms with van der Waals surface area (Å²) in [6, 6.07) is 5.85. The SMILES string of the molecule is CN(Cc1ccccn1)Cc1noc(CN)n1. The average molecular weight is 233 g/mol. The molecule has 0 aliphatic heterocycles. The van der Waals surface area contributed by atoms with E-state index in [1.807, 2.05) is 25.2 Å². The second kappa shape index (κ2) is 5.51. The Morgan fingerprint density at radius 3 is 2.88 bits per heavy atom. The van der Waals surface area contributed by atoms with Crippen molar-refractivity contribution in [3.8, 4) is 0 Å². The van der Waals surface area contributed by atoms with Crippen molar-refractivity contribution in [2.75, 3.05) is 7.05 Å². The maximum absolute atomic E-state index is 5.40. The molecule has 0 bridgehead atoms. The fourth-order valence-corrected chi connectivity index (χ4v) is 1.50. The predicted octanol–water partition coefficient (Wildman–Crippen LogP) is 0.555. The van der Waals surface area contributed by atoms with Crippen LogP contribution < -0.4 is 5.73 Å². The fourth-order valence-electron chi connectivity index (χ4n) is 1.50. The Labute approximate surface area is 99.5 Å². The highest BCUT2D eigenvalue weighted by atomic mass is 16.5. The first-order chi connectivity index (χ1) is 8.28. The molecule has 6 nitrogen and oxygen atoms in total. The maximum atomic E-state index is 5.40. The molecular formula is C11H15N5O. The Balaban J connectivity index is 1.91. The summed E-state index contributed by atoms with van der Waals surface area (Å²) in [4.78, 5) is 10.5. The van der Waals surface area contributed by atoms with Gasteiger partial charge in [0.25, 0.3) is 0 Å². The molecule has 0 radical (unpaired) electrons. The standard InChI is InChI=1S/C11H15N5O/c1-16(7-9-4-2-3-5-13-9)8-10-14-11(6-12)17-15-10/h2-5H,6-8,12H2,1H3. The third-order valence-corrected chi connectivity index (χ3v) is 2.25. The molecule has 0 spiro atoms. The summed E-state index contributed by atoms with van der Waals surface area (Å²) in [6.45, 7) is 1.63. The van der Waals surface area contributed by atoms with E-state index >= 15 is 0 Å². The van der Waals surface area contributed by atoms with E-state index in [4.69, 9.17) is 10.3 Å². The molecule has 90 valence electrons. The first kappa shape index (κ1) is 11.7. The van der Waals surface area contributed by atoms with E-state index in [1.54, 1.807) is 6.20 Å². The van der Waals surface area contributed by atoms with Crippen molar-refractivity contribution >= 4 is 0 Å². The fraction of sp³-hybridized carbons (Fsp3) is 0.364. The van der Waals surface area contributed by atoms with Crippen LogP contribution in [0.1, 0.15) is 17.4 Å². The van der Waals surface area contributed by atoms with Gasteiger partial charge in [0.15, 0.2) is 5.82 Å². The number of nitrogens with two attached hydrogens (primary N) is 1. The lowest BCUT2D eigenvalue weighted by Crippen LogP contribution is -2.18. The van der Waals surface area contributed by atoms with Crippen LogP contribution >= 0.6 is 0 Å². The van der Waals surface area contributed by atoms with E-state index in [2.05, 4.69) is 20.0 Å². The lowest BCUT2D eigenvalue weighted by molar-refractivity contribution is 0.296. The highest BCUT2D eigenvalue weighted by Crippen LogP contribution is 2.04. The summed E-state index contributed by atoms with van der Waals surface area (Å²) in [5.41, 5.74) is 6.41. The van der Waals surface area contributed by atoms with Crippen LogP contribution in [0.2, 0.25) is 0 Å². The van der Waals surface area contributed by atoms with Crippen LogP contribution in [0.15, 0.2) is 28.9 Å². The quantitative estimate of drug-likeness (QED) is 0.812. The zero-order valence-electron chi connectivity index (χ0n) is 9.71. The van der Waals surface area contributed by atoms with E-state index < -0.39 is 0 Å². The lowest BCUT2D eigenvalue weighted by Gasteiger charge is -2.13. The third-order valence-electron chi connectivity index (χ3n) is 2.25. The molecule has 2 aromatic rings. The minimum absolute atomic E-state index is 0.275. The van der Waals surface area contributed by atoms with Crippen molar-refractivity contribution < 1.29 is 4.52 Å². The van der Waals surface area contributed by atoms with Crippen molar-refractivity contribution in [3.05, 3.63) is 41.8 Å². The second-order valence-corrected chi connectivity index (χ2v) is 3.80. The summed E-state index contributed by atoms with van der Waals surface area (Å²) < 4.78 is 4.94. The van der Waals surface area contributed by atoms with Gasteiger partial charge in [-0.25, -0.2) is 0 Å². The van der Waals surface area contributed by atoms with Crippen molar-refractivity contribution in [2.45, 2.75) is 19.6 Å². The molecule has 0 fully saturated rings. The average Bonchev–Trinajstić information content (AvgIpc) is 2.78. The van der Waals surface area contributed by atoms with Gasteiger partial charge < -0.3 is 10.3 Å². The minimum Gasteiger partial charge on any atom is -0.338 e. The Hall–Kier alpha value is -1.79. The minimum atomic E-state index is 0.275. The molecule has 2 heterocycles. The summed E-state index contributed by atoms with van der Waals surface area (Å²) in [5, 5.41) is 3.84. The van der Waals surface area contributed by atoms with Crippen LogP contribution in [0, 0.1) is 0 Å². The van der Waals surface area contributed by atoms with Gasteiger partial charge in [-0.2, -0.15) is 4.98 Å². The van der Waals surface area contributed by atoms with Gasteiger partial charge in [-0.1, -0.05) is 11.2 Å². The van der Waals surface area contributed by atoms with Gasteiger partial charge in [-0.15, -0.1) is 0 Å². The Kier molecular flexibility index (Phi) is 3.79. The molecule has 0 aliphatic carbocycles. The number of pyridine rings is 1. The van der Waals surface area contributed by atoms with Gasteiger partial charge in [0.2, 0.25) is 5.89 Å². The molecule has 0 amide bonds. The zero-order valence-corrected chi connectivity index (χ0v) is 9.71. The van der Waals surface area contributed by atoms with E-state index in [9.17, 15) is 0 Å². The molecule has 2 aromatic heterocycles. The number of rotatable bonds is 5. The highest BCUT2D eigenvalue weighted by Gasteiger charge is 2.08. The molecule has 2 rings (SSSR count). The number of hydrogen-bond donors (Lipinski definition) is 1. The summed E-state index contributed by atoms with van der Waals surface area (Å²) in [5.74, 6) is 1.11. The Morgan fingerprint density at radius 2 is 2.24 bits per heavy atom. The number of aromatic nitrogens is 3. The van der Waals surface area contributed by atoms with E-state index in [1.165, 1.54) is 0 Å². The van der Waals surface area contributed by atoms with Crippen LogP contribution in [-0.4, -0.2) is 27.1 Å². The van der Waals surface area contributed by atoms with E-state index in [0.717, 1.165) is 12.2 Å². The lowest BCUT2D eigenvalue weighted by atomic mass is 10.3. The molecular weight excluding hydrogens is 218 g/mol. The van der Waals surface area contributed by atoms with Crippen molar-refractivity contribution in [2.24, 2.45) is 5.73 Å². The molecule has 0 atom stereocenters. The molecule has 0 unspecified atom stereocenters. The second-order valence-electron chi connectivity index (χ2n) is 3.80. The van der Waals surface area contributed by atoms with E-state index in [-0.39, 0.29) is 6.54 Å². The first-order valence-electron chi connectivity index (χ1n) is 5.38. The van der Waals surface area contributed by atoms with Gasteiger partial charge in [-0.05, 0) is 19.2 Å². The van der Waals surface area contributed by atoms with Gasteiger partial charge >= 0.3 is 0 Å². The number of nitrogens with zero attached hydrogens (tertiary/aromatic N) is 4. The van der Waals surface area contributed by atoms with Crippen LogP contribution in [0.3, 0.4) is 0 Å². The summed E-state index contributed by atoms with van der Waals surface area (Å²) >= 11 is 0. The van der Waals surface area contributed by atoms with Crippen LogP contribution in [0.5, 0.6) is 0 Å². The Bertz CT molecular complexity index is 456. The monoisotopic (exact) mass is 233 g/mol. The summed E-state index contributed by atoms with van der Waals surface area (Å²) in [6.07, 6.45) is 1.78. The van der Waals surface area contributed by atoms with Gasteiger partial charge in [0.1, 0.15) is 0 Å². The van der Waals surface area contributed by atoms with Crippen LogP contribution in [-0.2, 0) is 19.6 Å². The van der Waals surface area contributed by atoms with Gasteiger partial charge in [0.05, 0.1) is 18.8 Å². The van der Waals surface area contributed by atoms with Crippen LogP contribution in [0.25, 0.3) is 0 Å². The summed E-state index contributed by atoms with van der Waals surface area (Å²) in [7, 11) is 1.98. The van der Waals surface area contributed by atoms with Crippen LogP contribution in [0.4, 0.5) is 0 Å². The molecule has 2 N–H and O–H groups in total. The first-order valence-corrected chi connectivity index (χ1v) is 5.38. The third kappa shape index (κ3) is 3.33. The molecule has 0 saturated heterocycles. The number of hydrogen-bond acceptors (Lipinski definition) is 6. The van der Waals surface area contributed by atoms with Crippen molar-refractivity contribution in [1.29, 1.82) is 0 Å². The van der Waals surface area contributed by atoms with Gasteiger partial charge in [-0.3, -0.25) is 9.88 Å². The largest absolute Gasteiger partial charge is 0.338 e.